The summed E-state index contributed by atoms with van der Waals surface area (Å²) in [7, 11) is 1.41. The molecule has 2 aromatic rings. The van der Waals surface area contributed by atoms with Crippen molar-refractivity contribution in [3.8, 4) is 0 Å². The summed E-state index contributed by atoms with van der Waals surface area (Å²) in [6.07, 6.45) is 8.51. The maximum absolute atomic E-state index is 11.9. The Morgan fingerprint density at radius 3 is 2.31 bits per heavy atom. The molecule has 2 nitrogen and oxygen atoms in total. The number of methoxy groups -OCH3 is 1. The highest BCUT2D eigenvalue weighted by atomic mass is 16.5. The summed E-state index contributed by atoms with van der Waals surface area (Å²) in [5.41, 5.74) is 7.28. The number of carbonyl (C=O) groups is 1. The highest BCUT2D eigenvalue weighted by Gasteiger charge is 2.36. The minimum atomic E-state index is -0.314. The van der Waals surface area contributed by atoms with E-state index in [-0.39, 0.29) is 16.8 Å². The first-order chi connectivity index (χ1) is 13.7. The minimum absolute atomic E-state index is 0.205. The molecule has 0 saturated carbocycles. The molecule has 0 amide bonds. The van der Waals surface area contributed by atoms with Crippen LogP contribution in [0.4, 0.5) is 0 Å². The van der Waals surface area contributed by atoms with Gasteiger partial charge >= 0.3 is 5.97 Å². The van der Waals surface area contributed by atoms with E-state index in [4.69, 9.17) is 4.74 Å². The van der Waals surface area contributed by atoms with Gasteiger partial charge in [0, 0.05) is 0 Å². The number of allylic oxidation sites excluding steroid dienone is 3. The van der Waals surface area contributed by atoms with Gasteiger partial charge in [0.15, 0.2) is 0 Å². The Balaban J connectivity index is 1.90. The molecule has 0 aromatic heterocycles. The zero-order valence-electron chi connectivity index (χ0n) is 18.5. The van der Waals surface area contributed by atoms with Crippen molar-refractivity contribution in [1.29, 1.82) is 0 Å². The lowest BCUT2D eigenvalue weighted by atomic mass is 9.63. The van der Waals surface area contributed by atoms with Crippen molar-refractivity contribution in [3.63, 3.8) is 0 Å². The molecule has 0 fully saturated rings. The summed E-state index contributed by atoms with van der Waals surface area (Å²) in [5, 5.41) is 0. The smallest absolute Gasteiger partial charge is 0.338 e. The number of fused-ring (bicyclic) bond motifs is 1. The molecule has 0 unspecified atom stereocenters. The van der Waals surface area contributed by atoms with Crippen molar-refractivity contribution in [3.05, 3.63) is 82.4 Å². The molecule has 0 N–H and O–H groups in total. The summed E-state index contributed by atoms with van der Waals surface area (Å²) >= 11 is 0. The van der Waals surface area contributed by atoms with Gasteiger partial charge in [0.05, 0.1) is 12.7 Å². The third kappa shape index (κ3) is 4.37. The molecule has 1 aliphatic rings. The van der Waals surface area contributed by atoms with Crippen LogP contribution in [0.1, 0.15) is 80.1 Å². The fourth-order valence-corrected chi connectivity index (χ4v) is 4.16. The molecule has 29 heavy (non-hydrogen) atoms. The predicted octanol–water partition coefficient (Wildman–Crippen LogP) is 6.94. The number of rotatable bonds is 4. The highest BCUT2D eigenvalue weighted by molar-refractivity contribution is 5.93. The number of carbonyl (C=O) groups excluding carboxylic acids is 1. The molecule has 1 aliphatic carbocycles. The predicted molar refractivity (Wildman–Crippen MR) is 122 cm³/mol. The van der Waals surface area contributed by atoms with Crippen LogP contribution in [-0.2, 0) is 15.6 Å². The van der Waals surface area contributed by atoms with Gasteiger partial charge in [-0.3, -0.25) is 0 Å². The minimum Gasteiger partial charge on any atom is -0.465 e. The van der Waals surface area contributed by atoms with Gasteiger partial charge in [-0.15, -0.1) is 0 Å². The monoisotopic (exact) mass is 388 g/mol. The molecule has 0 radical (unpaired) electrons. The molecule has 0 heterocycles. The van der Waals surface area contributed by atoms with Crippen molar-refractivity contribution in [2.45, 2.75) is 58.3 Å². The van der Waals surface area contributed by atoms with Crippen LogP contribution in [0.2, 0.25) is 0 Å². The molecule has 0 spiro atoms. The zero-order valence-corrected chi connectivity index (χ0v) is 18.5. The summed E-state index contributed by atoms with van der Waals surface area (Å²) in [5.74, 6) is -0.314. The van der Waals surface area contributed by atoms with E-state index in [0.29, 0.717) is 5.56 Å². The largest absolute Gasteiger partial charge is 0.465 e. The molecule has 2 aromatic carbocycles. The number of hydrogen-bond donors (Lipinski definition) is 0. The fourth-order valence-electron chi connectivity index (χ4n) is 4.16. The fraction of sp³-hybridized carbons (Fsp3) is 0.370. The quantitative estimate of drug-likeness (QED) is 0.419. The van der Waals surface area contributed by atoms with Gasteiger partial charge in [0.25, 0.3) is 0 Å². The Bertz CT molecular complexity index is 974. The van der Waals surface area contributed by atoms with Crippen LogP contribution in [-0.4, -0.2) is 13.1 Å². The zero-order chi connectivity index (χ0) is 21.2. The molecule has 0 saturated heterocycles. The van der Waals surface area contributed by atoms with Crippen molar-refractivity contribution >= 4 is 17.6 Å². The summed E-state index contributed by atoms with van der Waals surface area (Å²) in [6, 6.07) is 14.4. The molecule has 152 valence electrons. The van der Waals surface area contributed by atoms with E-state index in [1.807, 2.05) is 30.4 Å². The van der Waals surface area contributed by atoms with E-state index in [1.165, 1.54) is 42.2 Å². The second kappa shape index (κ2) is 8.02. The highest BCUT2D eigenvalue weighted by Crippen LogP contribution is 2.46. The van der Waals surface area contributed by atoms with Crippen LogP contribution in [0.3, 0.4) is 0 Å². The van der Waals surface area contributed by atoms with Crippen LogP contribution in [0.5, 0.6) is 0 Å². The van der Waals surface area contributed by atoms with Crippen molar-refractivity contribution in [2.24, 2.45) is 0 Å². The molecule has 0 atom stereocenters. The lowest BCUT2D eigenvalue weighted by Gasteiger charge is -2.42. The van der Waals surface area contributed by atoms with E-state index in [1.54, 1.807) is 6.07 Å². The molecular weight excluding hydrogens is 356 g/mol. The Kier molecular flexibility index (Phi) is 5.84. The molecule has 2 heteroatoms. The normalized spacial score (nSPS) is 17.8. The summed E-state index contributed by atoms with van der Waals surface area (Å²) < 4.78 is 4.87. The van der Waals surface area contributed by atoms with Crippen LogP contribution >= 0.6 is 0 Å². The average Bonchev–Trinajstić information content (AvgIpc) is 2.71. The van der Waals surface area contributed by atoms with Crippen LogP contribution in [0.25, 0.3) is 11.6 Å². The second-order valence-corrected chi connectivity index (χ2v) is 9.32. The SMILES string of the molecule is COC(=O)c1ccccc1C=CC=C(C)c1ccc2c(c1)C(C)(C)CCC2(C)C. The Labute approximate surface area is 175 Å². The Morgan fingerprint density at radius 1 is 0.966 bits per heavy atom. The van der Waals surface area contributed by atoms with E-state index >= 15 is 0 Å². The lowest BCUT2D eigenvalue weighted by Crippen LogP contribution is -2.33. The van der Waals surface area contributed by atoms with Crippen LogP contribution in [0.15, 0.2) is 54.6 Å². The second-order valence-electron chi connectivity index (χ2n) is 9.32. The number of benzene rings is 2. The van der Waals surface area contributed by atoms with Gasteiger partial charge in [0.2, 0.25) is 0 Å². The summed E-state index contributed by atoms with van der Waals surface area (Å²) in [4.78, 5) is 11.9. The topological polar surface area (TPSA) is 26.3 Å². The van der Waals surface area contributed by atoms with Crippen LogP contribution in [0, 0.1) is 0 Å². The molecular formula is C27H32O2. The van der Waals surface area contributed by atoms with E-state index in [0.717, 1.165) is 5.56 Å². The maximum atomic E-state index is 11.9. The number of esters is 1. The van der Waals surface area contributed by atoms with Crippen molar-refractivity contribution < 1.29 is 9.53 Å². The Hall–Kier alpha value is -2.61. The average molecular weight is 389 g/mol. The van der Waals surface area contributed by atoms with Gasteiger partial charge in [-0.05, 0) is 64.5 Å². The summed E-state index contributed by atoms with van der Waals surface area (Å²) in [6.45, 7) is 11.6. The Morgan fingerprint density at radius 2 is 1.62 bits per heavy atom. The van der Waals surface area contributed by atoms with Crippen molar-refractivity contribution in [2.75, 3.05) is 7.11 Å². The van der Waals surface area contributed by atoms with Gasteiger partial charge < -0.3 is 4.74 Å². The molecule has 0 bridgehead atoms. The molecule has 0 aliphatic heterocycles. The molecule has 3 rings (SSSR count). The standard InChI is InChI=1S/C27H32O2/c1-19(10-9-12-20-11-7-8-13-22(20)25(28)29-6)21-14-15-23-24(18-21)27(4,5)17-16-26(23,2)3/h7-15,18H,16-17H2,1-6H3. The van der Waals surface area contributed by atoms with Gasteiger partial charge in [-0.25, -0.2) is 4.79 Å². The number of ether oxygens (including phenoxy) is 1. The van der Waals surface area contributed by atoms with Crippen LogP contribution < -0.4 is 0 Å². The third-order valence-electron chi connectivity index (χ3n) is 6.30. The lowest BCUT2D eigenvalue weighted by molar-refractivity contribution is 0.0600. The number of hydrogen-bond acceptors (Lipinski definition) is 2. The first kappa shape index (κ1) is 21.1. The third-order valence-corrected chi connectivity index (χ3v) is 6.30. The first-order valence-corrected chi connectivity index (χ1v) is 10.3. The van der Waals surface area contributed by atoms with Gasteiger partial charge in [0.1, 0.15) is 0 Å². The van der Waals surface area contributed by atoms with Crippen molar-refractivity contribution in [1.82, 2.24) is 0 Å². The van der Waals surface area contributed by atoms with E-state index in [9.17, 15) is 4.79 Å². The van der Waals surface area contributed by atoms with Gasteiger partial charge in [-0.2, -0.15) is 0 Å². The first-order valence-electron chi connectivity index (χ1n) is 10.3. The maximum Gasteiger partial charge on any atom is 0.338 e. The van der Waals surface area contributed by atoms with E-state index in [2.05, 4.69) is 58.9 Å². The van der Waals surface area contributed by atoms with Gasteiger partial charge in [-0.1, -0.05) is 82.3 Å². The van der Waals surface area contributed by atoms with E-state index < -0.39 is 0 Å².